The molecule has 0 radical (unpaired) electrons. The van der Waals surface area contributed by atoms with E-state index in [1.165, 1.54) is 12.0 Å². The Morgan fingerprint density at radius 3 is 2.25 bits per heavy atom. The summed E-state index contributed by atoms with van der Waals surface area (Å²) in [5.41, 5.74) is 3.07. The molecule has 0 aromatic heterocycles. The van der Waals surface area contributed by atoms with Crippen molar-refractivity contribution < 1.29 is 24.7 Å². The van der Waals surface area contributed by atoms with Crippen molar-refractivity contribution in [3.8, 4) is 0 Å². The Labute approximate surface area is 65.5 Å². The van der Waals surface area contributed by atoms with Gasteiger partial charge in [-0.25, -0.2) is 0 Å². The van der Waals surface area contributed by atoms with E-state index in [0.29, 0.717) is 0 Å². The first-order valence-corrected chi connectivity index (χ1v) is 4.03. The minimum atomic E-state index is 1.20. The average molecular weight is 184 g/mol. The third kappa shape index (κ3) is 1.02. The Bertz CT molecular complexity index is 158. The van der Waals surface area contributed by atoms with Crippen molar-refractivity contribution >= 4 is 0 Å². The van der Waals surface area contributed by atoms with E-state index in [9.17, 15) is 0 Å². The van der Waals surface area contributed by atoms with Crippen LogP contribution in [0, 0.1) is 0 Å². The van der Waals surface area contributed by atoms with E-state index < -0.39 is 0 Å². The van der Waals surface area contributed by atoms with Crippen molar-refractivity contribution in [2.45, 2.75) is 20.3 Å². The van der Waals surface area contributed by atoms with Crippen LogP contribution in [0.3, 0.4) is 0 Å². The third-order valence-electron chi connectivity index (χ3n) is 1.54. The molecule has 0 spiro atoms. The van der Waals surface area contributed by atoms with Crippen molar-refractivity contribution in [1.29, 1.82) is 0 Å². The molecule has 0 aliphatic heterocycles. The molecule has 0 saturated carbocycles. The summed E-state index contributed by atoms with van der Waals surface area (Å²) in [4.78, 5) is 0. The van der Waals surface area contributed by atoms with E-state index in [2.05, 4.69) is 19.9 Å². The Balaban J connectivity index is 2.88. The van der Waals surface area contributed by atoms with Crippen molar-refractivity contribution in [3.05, 3.63) is 20.5 Å². The van der Waals surface area contributed by atoms with E-state index >= 15 is 0 Å². The first kappa shape index (κ1) is 6.48. The van der Waals surface area contributed by atoms with E-state index in [1.54, 1.807) is 33.6 Å². The fourth-order valence-corrected chi connectivity index (χ4v) is 1.35. The molecule has 0 unspecified atom stereocenters. The quantitative estimate of drug-likeness (QED) is 0.541. The molecular formula is C7H9Zr. The van der Waals surface area contributed by atoms with Crippen LogP contribution in [-0.4, -0.2) is 0 Å². The predicted molar refractivity (Wildman–Crippen MR) is 31.1 cm³/mol. The van der Waals surface area contributed by atoms with Crippen LogP contribution in [-0.2, 0) is 24.7 Å². The van der Waals surface area contributed by atoms with Gasteiger partial charge in [0.2, 0.25) is 0 Å². The zero-order valence-corrected chi connectivity index (χ0v) is 7.74. The molecule has 0 saturated heterocycles. The van der Waals surface area contributed by atoms with Crippen LogP contribution < -0.4 is 0 Å². The van der Waals surface area contributed by atoms with Gasteiger partial charge < -0.3 is 0 Å². The van der Waals surface area contributed by atoms with E-state index in [0.717, 1.165) is 0 Å². The van der Waals surface area contributed by atoms with Crippen molar-refractivity contribution in [2.75, 3.05) is 0 Å². The van der Waals surface area contributed by atoms with E-state index in [4.69, 9.17) is 0 Å². The van der Waals surface area contributed by atoms with Gasteiger partial charge in [-0.2, -0.15) is 0 Å². The summed E-state index contributed by atoms with van der Waals surface area (Å²) in [6, 6.07) is 0. The Morgan fingerprint density at radius 2 is 2.12 bits per heavy atom. The van der Waals surface area contributed by atoms with Gasteiger partial charge in [-0.1, -0.05) is 0 Å². The summed E-state index contributed by atoms with van der Waals surface area (Å²) in [5, 5.41) is 0. The normalized spacial score (nSPS) is 19.4. The predicted octanol–water partition coefficient (Wildman–Crippen LogP) is 2.16. The molecule has 1 heteroatoms. The van der Waals surface area contributed by atoms with Crippen molar-refractivity contribution in [2.24, 2.45) is 0 Å². The summed E-state index contributed by atoms with van der Waals surface area (Å²) in [7, 11) is 0. The molecule has 0 nitrogen and oxygen atoms in total. The van der Waals surface area contributed by atoms with Crippen LogP contribution in [0.2, 0.25) is 0 Å². The summed E-state index contributed by atoms with van der Waals surface area (Å²) >= 11 is 1.57. The van der Waals surface area contributed by atoms with Crippen LogP contribution in [0.1, 0.15) is 20.3 Å². The molecule has 0 bridgehead atoms. The molecule has 1 aliphatic rings. The molecule has 0 aromatic rings. The molecule has 0 heterocycles. The fraction of sp³-hybridized carbons (Fsp3) is 0.429. The van der Waals surface area contributed by atoms with Gasteiger partial charge in [0.05, 0.1) is 0 Å². The maximum atomic E-state index is 2.30. The first-order chi connectivity index (χ1) is 3.72. The number of hydrogen-bond acceptors (Lipinski definition) is 0. The zero-order valence-electron chi connectivity index (χ0n) is 5.28. The standard InChI is InChI=1S/C7H9.Zr/c1-6-3-4-7(2)5-6;/h3H,4H2,1-2H3;. The van der Waals surface area contributed by atoms with Gasteiger partial charge in [-0.3, -0.25) is 0 Å². The molecule has 41 valence electrons. The van der Waals surface area contributed by atoms with Gasteiger partial charge in [0.1, 0.15) is 0 Å². The van der Waals surface area contributed by atoms with Gasteiger partial charge in [0.15, 0.2) is 0 Å². The van der Waals surface area contributed by atoms with Crippen LogP contribution in [0.4, 0.5) is 0 Å². The minimum absolute atomic E-state index is 1.20. The molecule has 1 aliphatic carbocycles. The summed E-state index contributed by atoms with van der Waals surface area (Å²) in [6.07, 6.45) is 3.51. The second-order valence-electron chi connectivity index (χ2n) is 2.25. The molecule has 0 amide bonds. The summed E-state index contributed by atoms with van der Waals surface area (Å²) in [5.74, 6) is 0. The van der Waals surface area contributed by atoms with E-state index in [1.807, 2.05) is 0 Å². The Hall–Kier alpha value is 0.363. The molecule has 1 rings (SSSR count). The van der Waals surface area contributed by atoms with Gasteiger partial charge in [0, 0.05) is 0 Å². The van der Waals surface area contributed by atoms with Crippen molar-refractivity contribution in [3.63, 3.8) is 0 Å². The number of rotatable bonds is 0. The summed E-state index contributed by atoms with van der Waals surface area (Å²) in [6.45, 7) is 4.41. The first-order valence-electron chi connectivity index (χ1n) is 2.80. The number of allylic oxidation sites excluding steroid dienone is 4. The summed E-state index contributed by atoms with van der Waals surface area (Å²) < 4.78 is 1.58. The molecule has 0 N–H and O–H groups in total. The SMILES string of the molecule is CC1=CCC(C)=[C]1[Zr]. The molecular weight excluding hydrogens is 175 g/mol. The molecule has 0 fully saturated rings. The molecule has 8 heavy (non-hydrogen) atoms. The fourth-order valence-electron chi connectivity index (χ4n) is 0.847. The van der Waals surface area contributed by atoms with Gasteiger partial charge in [-0.05, 0) is 0 Å². The van der Waals surface area contributed by atoms with Gasteiger partial charge in [-0.15, -0.1) is 0 Å². The maximum absolute atomic E-state index is 2.30. The van der Waals surface area contributed by atoms with Gasteiger partial charge >= 0.3 is 65.5 Å². The topological polar surface area (TPSA) is 0 Å². The van der Waals surface area contributed by atoms with Crippen molar-refractivity contribution in [1.82, 2.24) is 0 Å². The number of hydrogen-bond donors (Lipinski definition) is 0. The average Bonchev–Trinajstić information content (AvgIpc) is 1.98. The zero-order chi connectivity index (χ0) is 6.15. The van der Waals surface area contributed by atoms with Crippen LogP contribution in [0.15, 0.2) is 20.5 Å². The van der Waals surface area contributed by atoms with Gasteiger partial charge in [0.25, 0.3) is 0 Å². The third-order valence-corrected chi connectivity index (χ3v) is 3.55. The van der Waals surface area contributed by atoms with Crippen LogP contribution >= 0.6 is 0 Å². The Kier molecular flexibility index (Phi) is 1.87. The molecule has 0 aromatic carbocycles. The second-order valence-corrected chi connectivity index (χ2v) is 3.48. The Morgan fingerprint density at radius 1 is 1.50 bits per heavy atom. The van der Waals surface area contributed by atoms with Crippen LogP contribution in [0.5, 0.6) is 0 Å². The molecule has 0 atom stereocenters. The monoisotopic (exact) mass is 183 g/mol. The second kappa shape index (κ2) is 2.31. The van der Waals surface area contributed by atoms with E-state index in [-0.39, 0.29) is 0 Å². The van der Waals surface area contributed by atoms with Crippen LogP contribution in [0.25, 0.3) is 0 Å².